The highest BCUT2D eigenvalue weighted by Gasteiger charge is 2.00. The van der Waals surface area contributed by atoms with Crippen molar-refractivity contribution in [3.8, 4) is 0 Å². The Morgan fingerprint density at radius 1 is 0.920 bits per heavy atom. The van der Waals surface area contributed by atoms with Crippen molar-refractivity contribution in [1.29, 1.82) is 0 Å². The molecule has 0 aromatic heterocycles. The van der Waals surface area contributed by atoms with Crippen LogP contribution in [0.1, 0.15) is 65.1 Å². The zero-order valence-corrected chi connectivity index (χ0v) is 15.6. The number of hydrogen-bond acceptors (Lipinski definition) is 2. The number of nitrogens with one attached hydrogen (secondary N) is 1. The quantitative estimate of drug-likeness (QED) is 0.589. The van der Waals surface area contributed by atoms with Crippen LogP contribution >= 0.6 is 0 Å². The summed E-state index contributed by atoms with van der Waals surface area (Å²) in [5, 5.41) is 3.45. The van der Waals surface area contributed by atoms with E-state index in [4.69, 9.17) is 0 Å². The summed E-state index contributed by atoms with van der Waals surface area (Å²) in [7, 11) is 0. The first-order valence-electron chi connectivity index (χ1n) is 9.03. The summed E-state index contributed by atoms with van der Waals surface area (Å²) in [6.45, 7) is 10.6. The first kappa shape index (κ1) is 23.1. The summed E-state index contributed by atoms with van der Waals surface area (Å²) in [6, 6.07) is 21.3. The Bertz CT molecular complexity index is 561. The molecular weight excluding hydrogens is 304 g/mol. The van der Waals surface area contributed by atoms with E-state index in [0.717, 1.165) is 25.2 Å². The lowest BCUT2D eigenvalue weighted by atomic mass is 10.1. The van der Waals surface area contributed by atoms with Gasteiger partial charge in [0.2, 0.25) is 0 Å². The summed E-state index contributed by atoms with van der Waals surface area (Å²) >= 11 is 0. The molecule has 0 saturated carbocycles. The summed E-state index contributed by atoms with van der Waals surface area (Å²) in [6.07, 6.45) is 2.31. The van der Waals surface area contributed by atoms with Gasteiger partial charge in [0.1, 0.15) is 0 Å². The molecule has 1 N–H and O–H groups in total. The molecule has 25 heavy (non-hydrogen) atoms. The lowest BCUT2D eigenvalue weighted by Gasteiger charge is -2.12. The fraction of sp³-hybridized carbons (Fsp3) is 0.435. The first-order valence-corrected chi connectivity index (χ1v) is 9.03. The van der Waals surface area contributed by atoms with Gasteiger partial charge in [0, 0.05) is 18.3 Å². The van der Waals surface area contributed by atoms with Crippen LogP contribution in [0.2, 0.25) is 0 Å². The molecule has 0 heterocycles. The van der Waals surface area contributed by atoms with Crippen molar-refractivity contribution in [1.82, 2.24) is 5.32 Å². The fourth-order valence-electron chi connectivity index (χ4n) is 2.27. The van der Waals surface area contributed by atoms with Crippen LogP contribution in [-0.4, -0.2) is 18.8 Å². The minimum Gasteiger partial charge on any atom is -0.310 e. The molecule has 2 heteroatoms. The van der Waals surface area contributed by atoms with Crippen molar-refractivity contribution in [3.05, 3.63) is 71.8 Å². The van der Waals surface area contributed by atoms with Crippen molar-refractivity contribution in [3.63, 3.8) is 0 Å². The topological polar surface area (TPSA) is 24.4 Å². The molecular formula is C23H36N2. The van der Waals surface area contributed by atoms with Crippen LogP contribution in [0.25, 0.3) is 0 Å². The van der Waals surface area contributed by atoms with Gasteiger partial charge in [-0.15, -0.1) is 0 Å². The molecule has 0 aliphatic heterocycles. The van der Waals surface area contributed by atoms with Gasteiger partial charge in [0.25, 0.3) is 0 Å². The number of hydrogen-bond donors (Lipinski definition) is 1. The van der Waals surface area contributed by atoms with E-state index in [9.17, 15) is 0 Å². The van der Waals surface area contributed by atoms with Crippen LogP contribution in [0, 0.1) is 0 Å². The molecule has 1 atom stereocenters. The third kappa shape index (κ3) is 9.83. The van der Waals surface area contributed by atoms with Gasteiger partial charge in [-0.2, -0.15) is 0 Å². The third-order valence-electron chi connectivity index (χ3n) is 3.76. The van der Waals surface area contributed by atoms with Gasteiger partial charge in [0.05, 0.1) is 0 Å². The molecule has 0 bridgehead atoms. The van der Waals surface area contributed by atoms with E-state index in [1.54, 1.807) is 0 Å². The Hall–Kier alpha value is -1.93. The van der Waals surface area contributed by atoms with E-state index in [2.05, 4.69) is 80.5 Å². The Morgan fingerprint density at radius 3 is 2.00 bits per heavy atom. The predicted molar refractivity (Wildman–Crippen MR) is 114 cm³/mol. The molecule has 2 nitrogen and oxygen atoms in total. The van der Waals surface area contributed by atoms with E-state index in [0.29, 0.717) is 6.04 Å². The normalized spacial score (nSPS) is 11.8. The predicted octanol–water partition coefficient (Wildman–Crippen LogP) is 6.29. The van der Waals surface area contributed by atoms with Crippen molar-refractivity contribution in [2.75, 3.05) is 13.1 Å². The van der Waals surface area contributed by atoms with E-state index < -0.39 is 0 Å². The minimum absolute atomic E-state index is 0. The maximum Gasteiger partial charge on any atom is 0.0390 e. The minimum atomic E-state index is 0. The van der Waals surface area contributed by atoms with E-state index >= 15 is 0 Å². The van der Waals surface area contributed by atoms with Gasteiger partial charge in [-0.25, -0.2) is 0 Å². The Kier molecular flexibility index (Phi) is 13.3. The number of aliphatic imine (C=N–C) groups is 1. The zero-order valence-electron chi connectivity index (χ0n) is 15.6. The highest BCUT2D eigenvalue weighted by Crippen LogP contribution is 2.10. The largest absolute Gasteiger partial charge is 0.310 e. The second-order valence-electron chi connectivity index (χ2n) is 5.92. The average molecular weight is 341 g/mol. The van der Waals surface area contributed by atoms with E-state index in [1.165, 1.54) is 17.5 Å². The van der Waals surface area contributed by atoms with Crippen LogP contribution in [0.15, 0.2) is 65.7 Å². The lowest BCUT2D eigenvalue weighted by molar-refractivity contribution is 0.571. The van der Waals surface area contributed by atoms with E-state index in [1.807, 2.05) is 18.2 Å². The third-order valence-corrected chi connectivity index (χ3v) is 3.76. The maximum atomic E-state index is 4.43. The highest BCUT2D eigenvalue weighted by atomic mass is 14.9. The highest BCUT2D eigenvalue weighted by molar-refractivity contribution is 5.98. The van der Waals surface area contributed by atoms with Crippen molar-refractivity contribution in [2.45, 2.75) is 54.0 Å². The molecule has 0 radical (unpaired) electrons. The first-order chi connectivity index (χ1) is 11.7. The molecule has 0 spiro atoms. The molecule has 138 valence electrons. The summed E-state index contributed by atoms with van der Waals surface area (Å²) in [5.74, 6) is 0. The smallest absolute Gasteiger partial charge is 0.0390 e. The van der Waals surface area contributed by atoms with Gasteiger partial charge in [-0.05, 0) is 44.4 Å². The van der Waals surface area contributed by atoms with Gasteiger partial charge in [-0.1, -0.05) is 81.9 Å². The van der Waals surface area contributed by atoms with Crippen molar-refractivity contribution >= 4 is 5.71 Å². The SMILES string of the molecule is C.CCCN=C(C)c1ccccc1.CCCNC(C)c1ccccc1. The Labute approximate surface area is 155 Å². The van der Waals surface area contributed by atoms with Crippen LogP contribution in [0.3, 0.4) is 0 Å². The van der Waals surface area contributed by atoms with E-state index in [-0.39, 0.29) is 7.43 Å². The van der Waals surface area contributed by atoms with Crippen LogP contribution in [0.5, 0.6) is 0 Å². The molecule has 0 aliphatic carbocycles. The van der Waals surface area contributed by atoms with Gasteiger partial charge in [0.15, 0.2) is 0 Å². The zero-order chi connectivity index (χ0) is 17.6. The standard InChI is InChI=1S/C11H17N.C11H15N.CH4/c2*1-3-9-12-10(2)11-7-5-4-6-8-11;/h4-8,10,12H,3,9H2,1-2H3;4-8H,3,9H2,1-2H3;1H4. The molecule has 0 aliphatic rings. The van der Waals surface area contributed by atoms with Crippen LogP contribution in [-0.2, 0) is 0 Å². The van der Waals surface area contributed by atoms with Crippen LogP contribution in [0.4, 0.5) is 0 Å². The van der Waals surface area contributed by atoms with Crippen molar-refractivity contribution < 1.29 is 0 Å². The maximum absolute atomic E-state index is 4.43. The Morgan fingerprint density at radius 2 is 1.48 bits per heavy atom. The second kappa shape index (κ2) is 14.4. The number of benzene rings is 2. The lowest BCUT2D eigenvalue weighted by Crippen LogP contribution is -2.18. The Balaban J connectivity index is 0.000000443. The molecule has 0 amide bonds. The molecule has 2 aromatic rings. The summed E-state index contributed by atoms with van der Waals surface area (Å²) in [5.41, 5.74) is 3.73. The molecule has 0 fully saturated rings. The van der Waals surface area contributed by atoms with Gasteiger partial charge in [-0.3, -0.25) is 4.99 Å². The van der Waals surface area contributed by atoms with Crippen molar-refractivity contribution in [2.24, 2.45) is 4.99 Å². The fourth-order valence-corrected chi connectivity index (χ4v) is 2.27. The number of nitrogens with zero attached hydrogens (tertiary/aromatic N) is 1. The summed E-state index contributed by atoms with van der Waals surface area (Å²) in [4.78, 5) is 4.43. The van der Waals surface area contributed by atoms with Crippen LogP contribution < -0.4 is 5.32 Å². The average Bonchev–Trinajstić information content (AvgIpc) is 2.66. The molecule has 0 saturated heterocycles. The van der Waals surface area contributed by atoms with Gasteiger partial charge >= 0.3 is 0 Å². The monoisotopic (exact) mass is 340 g/mol. The number of rotatable bonds is 7. The molecule has 2 aromatic carbocycles. The van der Waals surface area contributed by atoms with Gasteiger partial charge < -0.3 is 5.32 Å². The second-order valence-corrected chi connectivity index (χ2v) is 5.92. The summed E-state index contributed by atoms with van der Waals surface area (Å²) < 4.78 is 0. The molecule has 1 unspecified atom stereocenters. The molecule has 2 rings (SSSR count).